The third-order valence-electron chi connectivity index (χ3n) is 2.48. The molecule has 0 unspecified atom stereocenters. The van der Waals surface area contributed by atoms with E-state index in [0.717, 1.165) is 44.5 Å². The van der Waals surface area contributed by atoms with Gasteiger partial charge in [0.1, 0.15) is 0 Å². The number of rotatable bonds is 10. The molecule has 0 aromatic carbocycles. The Morgan fingerprint density at radius 3 is 2.65 bits per heavy atom. The predicted octanol–water partition coefficient (Wildman–Crippen LogP) is 2.89. The number of hydrogen-bond acceptors (Lipinski definition) is 3. The second-order valence-corrected chi connectivity index (χ2v) is 5.21. The van der Waals surface area contributed by atoms with E-state index in [1.165, 1.54) is 0 Å². The standard InChI is InChI=1S/C14H26N2O/c1-13(2)11-17-10-9-16-8-6-5-7-14(3,4)12-15/h16H,1,5-11H2,2-4H3. The first-order valence-electron chi connectivity index (χ1n) is 6.32. The van der Waals surface area contributed by atoms with Gasteiger partial charge in [0.05, 0.1) is 24.7 Å². The highest BCUT2D eigenvalue weighted by Gasteiger charge is 2.14. The minimum atomic E-state index is -0.176. The molecule has 0 saturated carbocycles. The molecule has 1 N–H and O–H groups in total. The molecule has 0 aromatic heterocycles. The van der Waals surface area contributed by atoms with Gasteiger partial charge >= 0.3 is 0 Å². The zero-order valence-electron chi connectivity index (χ0n) is 11.5. The van der Waals surface area contributed by atoms with Crippen LogP contribution in [0.5, 0.6) is 0 Å². The minimum absolute atomic E-state index is 0.176. The third-order valence-corrected chi connectivity index (χ3v) is 2.48. The second kappa shape index (κ2) is 9.21. The highest BCUT2D eigenvalue weighted by molar-refractivity contribution is 4.91. The summed E-state index contributed by atoms with van der Waals surface area (Å²) in [6.07, 6.45) is 3.18. The van der Waals surface area contributed by atoms with E-state index in [4.69, 9.17) is 10.00 Å². The maximum atomic E-state index is 8.85. The maximum Gasteiger partial charge on any atom is 0.0683 e. The molecule has 0 aromatic rings. The summed E-state index contributed by atoms with van der Waals surface area (Å²) in [4.78, 5) is 0. The smallest absolute Gasteiger partial charge is 0.0683 e. The van der Waals surface area contributed by atoms with E-state index in [2.05, 4.69) is 18.0 Å². The minimum Gasteiger partial charge on any atom is -0.376 e. The van der Waals surface area contributed by atoms with Crippen LogP contribution < -0.4 is 5.32 Å². The van der Waals surface area contributed by atoms with Crippen molar-refractivity contribution >= 4 is 0 Å². The van der Waals surface area contributed by atoms with Gasteiger partial charge in [-0.1, -0.05) is 18.6 Å². The average Bonchev–Trinajstić information content (AvgIpc) is 2.26. The molecule has 0 aliphatic heterocycles. The molecule has 0 aliphatic rings. The van der Waals surface area contributed by atoms with Gasteiger partial charge in [-0.05, 0) is 40.2 Å². The molecule has 0 bridgehead atoms. The molecule has 0 aliphatic carbocycles. The third kappa shape index (κ3) is 11.4. The summed E-state index contributed by atoms with van der Waals surface area (Å²) in [6.45, 7) is 13.0. The molecule has 0 radical (unpaired) electrons. The van der Waals surface area contributed by atoms with Gasteiger partial charge < -0.3 is 10.1 Å². The van der Waals surface area contributed by atoms with Crippen molar-refractivity contribution in [2.75, 3.05) is 26.3 Å². The zero-order valence-corrected chi connectivity index (χ0v) is 11.5. The van der Waals surface area contributed by atoms with Gasteiger partial charge in [0, 0.05) is 6.54 Å². The van der Waals surface area contributed by atoms with E-state index >= 15 is 0 Å². The number of nitriles is 1. The molecule has 0 heterocycles. The molecule has 3 nitrogen and oxygen atoms in total. The molecule has 98 valence electrons. The van der Waals surface area contributed by atoms with Crippen LogP contribution in [0.3, 0.4) is 0 Å². The van der Waals surface area contributed by atoms with E-state index in [1.54, 1.807) is 0 Å². The summed E-state index contributed by atoms with van der Waals surface area (Å²) >= 11 is 0. The molecular formula is C14H26N2O. The van der Waals surface area contributed by atoms with Gasteiger partial charge in [-0.3, -0.25) is 0 Å². The van der Waals surface area contributed by atoms with Crippen LogP contribution in [-0.4, -0.2) is 26.3 Å². The Bertz CT molecular complexity index is 253. The van der Waals surface area contributed by atoms with Gasteiger partial charge in [-0.25, -0.2) is 0 Å². The molecule has 0 atom stereocenters. The Labute approximate surface area is 106 Å². The Kier molecular flexibility index (Phi) is 8.75. The van der Waals surface area contributed by atoms with Gasteiger partial charge in [0.15, 0.2) is 0 Å². The number of nitrogens with zero attached hydrogens (tertiary/aromatic N) is 1. The SMILES string of the molecule is C=C(C)COCCNCCCCC(C)(C)C#N. The van der Waals surface area contributed by atoms with Crippen molar-refractivity contribution in [3.8, 4) is 6.07 Å². The van der Waals surface area contributed by atoms with E-state index in [9.17, 15) is 0 Å². The van der Waals surface area contributed by atoms with E-state index in [0.29, 0.717) is 6.61 Å². The topological polar surface area (TPSA) is 45.0 Å². The predicted molar refractivity (Wildman–Crippen MR) is 71.7 cm³/mol. The van der Waals surface area contributed by atoms with Crippen molar-refractivity contribution in [3.05, 3.63) is 12.2 Å². The van der Waals surface area contributed by atoms with Gasteiger partial charge in [0.25, 0.3) is 0 Å². The van der Waals surface area contributed by atoms with Crippen LogP contribution in [-0.2, 0) is 4.74 Å². The first kappa shape index (κ1) is 16.1. The Hall–Kier alpha value is -0.850. The van der Waals surface area contributed by atoms with Crippen molar-refractivity contribution in [1.29, 1.82) is 5.26 Å². The van der Waals surface area contributed by atoms with Crippen molar-refractivity contribution < 1.29 is 4.74 Å². The van der Waals surface area contributed by atoms with Crippen LogP contribution in [0, 0.1) is 16.7 Å². The van der Waals surface area contributed by atoms with Crippen LogP contribution in [0.15, 0.2) is 12.2 Å². The summed E-state index contributed by atoms with van der Waals surface area (Å²) in [5.74, 6) is 0. The quantitative estimate of drug-likeness (QED) is 0.470. The van der Waals surface area contributed by atoms with Gasteiger partial charge in [0.2, 0.25) is 0 Å². The fourth-order valence-corrected chi connectivity index (χ4v) is 1.39. The number of unbranched alkanes of at least 4 members (excludes halogenated alkanes) is 1. The number of hydrogen-bond donors (Lipinski definition) is 1. The van der Waals surface area contributed by atoms with Crippen molar-refractivity contribution in [2.45, 2.75) is 40.0 Å². The van der Waals surface area contributed by atoms with E-state index < -0.39 is 0 Å². The van der Waals surface area contributed by atoms with Crippen molar-refractivity contribution in [1.82, 2.24) is 5.32 Å². The van der Waals surface area contributed by atoms with Crippen LogP contribution >= 0.6 is 0 Å². The van der Waals surface area contributed by atoms with E-state index in [1.807, 2.05) is 20.8 Å². The second-order valence-electron chi connectivity index (χ2n) is 5.21. The lowest BCUT2D eigenvalue weighted by Gasteiger charge is -2.14. The average molecular weight is 238 g/mol. The summed E-state index contributed by atoms with van der Waals surface area (Å²) in [5, 5.41) is 12.2. The molecule has 0 saturated heterocycles. The maximum absolute atomic E-state index is 8.85. The summed E-state index contributed by atoms with van der Waals surface area (Å²) < 4.78 is 5.37. The molecule has 3 heteroatoms. The molecule has 0 rings (SSSR count). The molecular weight excluding hydrogens is 212 g/mol. The number of nitrogens with one attached hydrogen (secondary N) is 1. The van der Waals surface area contributed by atoms with Crippen molar-refractivity contribution in [2.24, 2.45) is 5.41 Å². The monoisotopic (exact) mass is 238 g/mol. The van der Waals surface area contributed by atoms with Crippen LogP contribution in [0.4, 0.5) is 0 Å². The Morgan fingerprint density at radius 2 is 2.06 bits per heavy atom. The molecule has 0 fully saturated rings. The first-order chi connectivity index (χ1) is 7.98. The van der Waals surface area contributed by atoms with Crippen molar-refractivity contribution in [3.63, 3.8) is 0 Å². The number of ether oxygens (including phenoxy) is 1. The summed E-state index contributed by atoms with van der Waals surface area (Å²) in [5.41, 5.74) is 0.883. The largest absolute Gasteiger partial charge is 0.376 e. The summed E-state index contributed by atoms with van der Waals surface area (Å²) in [6, 6.07) is 2.32. The van der Waals surface area contributed by atoms with Crippen LogP contribution in [0.1, 0.15) is 40.0 Å². The van der Waals surface area contributed by atoms with Crippen LogP contribution in [0.25, 0.3) is 0 Å². The van der Waals surface area contributed by atoms with Gasteiger partial charge in [-0.2, -0.15) is 5.26 Å². The Morgan fingerprint density at radius 1 is 1.35 bits per heavy atom. The normalized spacial score (nSPS) is 11.2. The van der Waals surface area contributed by atoms with Gasteiger partial charge in [-0.15, -0.1) is 0 Å². The van der Waals surface area contributed by atoms with E-state index in [-0.39, 0.29) is 5.41 Å². The first-order valence-corrected chi connectivity index (χ1v) is 6.32. The highest BCUT2D eigenvalue weighted by atomic mass is 16.5. The fraction of sp³-hybridized carbons (Fsp3) is 0.786. The lowest BCUT2D eigenvalue weighted by molar-refractivity contribution is 0.158. The zero-order chi connectivity index (χ0) is 13.1. The van der Waals surface area contributed by atoms with Crippen LogP contribution in [0.2, 0.25) is 0 Å². The molecule has 0 amide bonds. The fourth-order valence-electron chi connectivity index (χ4n) is 1.39. The Balaban J connectivity index is 3.20. The molecule has 17 heavy (non-hydrogen) atoms. The summed E-state index contributed by atoms with van der Waals surface area (Å²) in [7, 11) is 0. The highest BCUT2D eigenvalue weighted by Crippen LogP contribution is 2.21. The molecule has 0 spiro atoms. The lowest BCUT2D eigenvalue weighted by atomic mass is 9.89. The lowest BCUT2D eigenvalue weighted by Crippen LogP contribution is -2.21.